The normalized spacial score (nSPS) is 13.3. The average molecular weight is 737 g/mol. The van der Waals surface area contributed by atoms with E-state index in [1.54, 1.807) is 4.57 Å². The lowest BCUT2D eigenvalue weighted by Crippen LogP contribution is -2.04. The smallest absolute Gasteiger partial charge is 0.166 e. The minimum Gasteiger partial charge on any atom is -0.456 e. The molecule has 0 atom stereocenters. The number of furan rings is 2. The van der Waals surface area contributed by atoms with E-state index in [9.17, 15) is 2.74 Å². The van der Waals surface area contributed by atoms with E-state index in [0.29, 0.717) is 39.6 Å². The number of para-hydroxylation sites is 5. The molecule has 0 saturated carbocycles. The zero-order chi connectivity index (χ0) is 42.7. The number of hydrogen-bond acceptors (Lipinski definition) is 5. The Balaban J connectivity index is 1.20. The SMILES string of the molecule is [2H]c1cc([2H])c2c(c1[2H])c1c([2H])c([2H])cc([2H])c1n2-c1ccc(-c2cccc3c2oc2ccccc23)cc1-c1nc(-c2ccccc2)nc(-c2ccc3c(c2)oc2ccccc23)n1. The van der Waals surface area contributed by atoms with Gasteiger partial charge in [-0.05, 0) is 54.0 Å². The number of rotatable bonds is 5. The van der Waals surface area contributed by atoms with Gasteiger partial charge in [-0.2, -0.15) is 0 Å². The molecule has 0 aliphatic rings. The van der Waals surface area contributed by atoms with Gasteiger partial charge in [0.1, 0.15) is 22.3 Å². The van der Waals surface area contributed by atoms with Crippen LogP contribution in [-0.2, 0) is 0 Å². The quantitative estimate of drug-likeness (QED) is 0.176. The Hall–Kier alpha value is -7.83. The summed E-state index contributed by atoms with van der Waals surface area (Å²) >= 11 is 0. The predicted molar refractivity (Wildman–Crippen MR) is 230 cm³/mol. The molecule has 0 aliphatic carbocycles. The van der Waals surface area contributed by atoms with Crippen LogP contribution in [0, 0.1) is 0 Å². The van der Waals surface area contributed by atoms with Crippen molar-refractivity contribution in [1.82, 2.24) is 19.5 Å². The molecule has 4 aromatic heterocycles. The van der Waals surface area contributed by atoms with Gasteiger partial charge in [-0.15, -0.1) is 0 Å². The third kappa shape index (κ3) is 4.94. The number of fused-ring (bicyclic) bond motifs is 9. The van der Waals surface area contributed by atoms with Crippen LogP contribution in [-0.4, -0.2) is 19.5 Å². The number of benzene rings is 8. The van der Waals surface area contributed by atoms with Gasteiger partial charge in [-0.1, -0.05) is 133 Å². The molecule has 266 valence electrons. The molecule has 0 fully saturated rings. The monoisotopic (exact) mass is 736 g/mol. The summed E-state index contributed by atoms with van der Waals surface area (Å²) < 4.78 is 68.3. The highest BCUT2D eigenvalue weighted by atomic mass is 16.3. The largest absolute Gasteiger partial charge is 0.456 e. The van der Waals surface area contributed by atoms with Gasteiger partial charge in [0.2, 0.25) is 0 Å². The van der Waals surface area contributed by atoms with E-state index in [0.717, 1.165) is 49.4 Å². The first kappa shape index (κ1) is 26.1. The first-order valence-corrected chi connectivity index (χ1v) is 18.5. The molecule has 4 heterocycles. The Labute approximate surface area is 334 Å². The van der Waals surface area contributed by atoms with Crippen molar-refractivity contribution in [3.05, 3.63) is 182 Å². The molecule has 0 bridgehead atoms. The van der Waals surface area contributed by atoms with E-state index in [-0.39, 0.29) is 63.9 Å². The lowest BCUT2D eigenvalue weighted by atomic mass is 9.98. The molecule has 12 rings (SSSR count). The van der Waals surface area contributed by atoms with Crippen LogP contribution in [0.25, 0.3) is 117 Å². The molecule has 0 radical (unpaired) electrons. The molecule has 0 saturated heterocycles. The standard InChI is InChI=1S/C51H30N4O2/c1-2-13-31(14-3-1)49-52-50(33-25-27-39-37-17-6-10-23-45(37)56-47(39)30-33)54-51(53-49)41-29-32(34-19-12-20-40-38-18-7-11-24-46(38)57-48(34)40)26-28-44(41)55-42-21-8-4-15-35(42)36-16-5-9-22-43(36)55/h1-30H/i4D,5D,15D,16D,21D,22D. The second-order valence-corrected chi connectivity index (χ2v) is 13.9. The van der Waals surface area contributed by atoms with Gasteiger partial charge in [0.15, 0.2) is 17.5 Å². The van der Waals surface area contributed by atoms with Gasteiger partial charge in [0, 0.05) is 54.6 Å². The Morgan fingerprint density at radius 1 is 0.404 bits per heavy atom. The zero-order valence-corrected chi connectivity index (χ0v) is 30.0. The lowest BCUT2D eigenvalue weighted by molar-refractivity contribution is 0.669. The summed E-state index contributed by atoms with van der Waals surface area (Å²) in [5.74, 6) is 1.05. The van der Waals surface area contributed by atoms with Gasteiger partial charge in [0.05, 0.1) is 24.9 Å². The van der Waals surface area contributed by atoms with Crippen molar-refractivity contribution in [3.8, 4) is 51.0 Å². The Bertz CT molecular complexity index is 3820. The number of nitrogens with zero attached hydrogens (tertiary/aromatic N) is 4. The van der Waals surface area contributed by atoms with E-state index in [4.69, 9.17) is 29.3 Å². The Kier molecular flexibility index (Phi) is 5.64. The van der Waals surface area contributed by atoms with E-state index in [1.165, 1.54) is 12.1 Å². The minimum absolute atomic E-state index is 0.0740. The molecular formula is C51H30N4O2. The van der Waals surface area contributed by atoms with Gasteiger partial charge in [-0.25, -0.2) is 15.0 Å². The lowest BCUT2D eigenvalue weighted by Gasteiger charge is -2.16. The summed E-state index contributed by atoms with van der Waals surface area (Å²) in [6.07, 6.45) is 0. The zero-order valence-electron chi connectivity index (χ0n) is 36.0. The third-order valence-electron chi connectivity index (χ3n) is 10.6. The first-order valence-electron chi connectivity index (χ1n) is 21.5. The molecule has 0 N–H and O–H groups in total. The third-order valence-corrected chi connectivity index (χ3v) is 10.6. The molecule has 0 unspecified atom stereocenters. The summed E-state index contributed by atoms with van der Waals surface area (Å²) in [7, 11) is 0. The fourth-order valence-electron chi connectivity index (χ4n) is 8.01. The summed E-state index contributed by atoms with van der Waals surface area (Å²) in [5, 5.41) is 4.19. The molecule has 0 aliphatic heterocycles. The summed E-state index contributed by atoms with van der Waals surface area (Å²) in [6.45, 7) is 0. The van der Waals surface area contributed by atoms with Crippen molar-refractivity contribution in [2.45, 2.75) is 0 Å². The maximum absolute atomic E-state index is 9.26. The fraction of sp³-hybridized carbons (Fsp3) is 0. The van der Waals surface area contributed by atoms with E-state index in [1.807, 2.05) is 133 Å². The van der Waals surface area contributed by atoms with E-state index in [2.05, 4.69) is 0 Å². The highest BCUT2D eigenvalue weighted by Crippen LogP contribution is 2.41. The first-order chi connectivity index (χ1) is 30.7. The van der Waals surface area contributed by atoms with E-state index < -0.39 is 0 Å². The van der Waals surface area contributed by atoms with Crippen molar-refractivity contribution in [1.29, 1.82) is 0 Å². The fourth-order valence-corrected chi connectivity index (χ4v) is 8.01. The second kappa shape index (κ2) is 12.3. The van der Waals surface area contributed by atoms with Crippen molar-refractivity contribution in [2.75, 3.05) is 0 Å². The maximum Gasteiger partial charge on any atom is 0.166 e. The number of hydrogen-bond donors (Lipinski definition) is 0. The van der Waals surface area contributed by atoms with Gasteiger partial charge >= 0.3 is 0 Å². The minimum atomic E-state index is -0.201. The summed E-state index contributed by atoms with van der Waals surface area (Å²) in [4.78, 5) is 15.4. The topological polar surface area (TPSA) is 69.9 Å². The Morgan fingerprint density at radius 2 is 1.02 bits per heavy atom. The molecule has 6 nitrogen and oxygen atoms in total. The number of aromatic nitrogens is 4. The van der Waals surface area contributed by atoms with Crippen LogP contribution in [0.2, 0.25) is 0 Å². The molecule has 0 amide bonds. The average Bonchev–Trinajstić information content (AvgIpc) is 4.00. The molecule has 12 aromatic rings. The van der Waals surface area contributed by atoms with Crippen LogP contribution >= 0.6 is 0 Å². The van der Waals surface area contributed by atoms with Crippen molar-refractivity contribution >= 4 is 65.7 Å². The van der Waals surface area contributed by atoms with E-state index >= 15 is 0 Å². The van der Waals surface area contributed by atoms with Crippen molar-refractivity contribution in [2.24, 2.45) is 0 Å². The van der Waals surface area contributed by atoms with Crippen LogP contribution in [0.5, 0.6) is 0 Å². The molecule has 8 aromatic carbocycles. The second-order valence-electron chi connectivity index (χ2n) is 13.9. The van der Waals surface area contributed by atoms with Gasteiger partial charge < -0.3 is 13.4 Å². The molecule has 57 heavy (non-hydrogen) atoms. The van der Waals surface area contributed by atoms with Crippen molar-refractivity contribution in [3.63, 3.8) is 0 Å². The highest BCUT2D eigenvalue weighted by molar-refractivity contribution is 6.11. The highest BCUT2D eigenvalue weighted by Gasteiger charge is 2.22. The van der Waals surface area contributed by atoms with Gasteiger partial charge in [-0.3, -0.25) is 0 Å². The van der Waals surface area contributed by atoms with Crippen LogP contribution in [0.15, 0.2) is 191 Å². The maximum atomic E-state index is 9.26. The van der Waals surface area contributed by atoms with Crippen molar-refractivity contribution < 1.29 is 17.1 Å². The molecular weight excluding hydrogens is 701 g/mol. The molecule has 6 heteroatoms. The van der Waals surface area contributed by atoms with Gasteiger partial charge in [0.25, 0.3) is 0 Å². The predicted octanol–water partition coefficient (Wildman–Crippen LogP) is 13.4. The van der Waals surface area contributed by atoms with Crippen LogP contribution in [0.4, 0.5) is 0 Å². The summed E-state index contributed by atoms with van der Waals surface area (Å²) in [6, 6.07) is 44.7. The van der Waals surface area contributed by atoms with Crippen LogP contribution < -0.4 is 0 Å². The Morgan fingerprint density at radius 3 is 1.79 bits per heavy atom. The van der Waals surface area contributed by atoms with Crippen LogP contribution in [0.3, 0.4) is 0 Å². The summed E-state index contributed by atoms with van der Waals surface area (Å²) in [5.41, 5.74) is 7.30. The van der Waals surface area contributed by atoms with Crippen LogP contribution in [0.1, 0.15) is 8.22 Å². The molecule has 0 spiro atoms.